The molecule has 0 aliphatic heterocycles. The first-order valence-electron chi connectivity index (χ1n) is 4.84. The first kappa shape index (κ1) is 12.2. The van der Waals surface area contributed by atoms with Crippen LogP contribution in [0.5, 0.6) is 0 Å². The molecule has 0 fully saturated rings. The highest BCUT2D eigenvalue weighted by Crippen LogP contribution is 2.21. The molecule has 0 spiro atoms. The van der Waals surface area contributed by atoms with Crippen LogP contribution in [0, 0.1) is 5.92 Å². The molecule has 1 unspecified atom stereocenters. The SMILES string of the molecule is CC(C)C(C)(CO)Nc1cc(Cl)ncn1. The summed E-state index contributed by atoms with van der Waals surface area (Å²) < 4.78 is 0. The summed E-state index contributed by atoms with van der Waals surface area (Å²) in [6.07, 6.45) is 1.39. The predicted molar refractivity (Wildman–Crippen MR) is 61.0 cm³/mol. The first-order chi connectivity index (χ1) is 6.98. The Kier molecular flexibility index (Phi) is 3.88. The van der Waals surface area contributed by atoms with E-state index < -0.39 is 5.54 Å². The van der Waals surface area contributed by atoms with Crippen LogP contribution in [0.2, 0.25) is 5.15 Å². The van der Waals surface area contributed by atoms with Crippen molar-refractivity contribution in [2.24, 2.45) is 5.92 Å². The average Bonchev–Trinajstić information content (AvgIpc) is 2.17. The summed E-state index contributed by atoms with van der Waals surface area (Å²) >= 11 is 5.74. The predicted octanol–water partition coefficient (Wildman–Crippen LogP) is 1.95. The second kappa shape index (κ2) is 4.77. The molecule has 1 rings (SSSR count). The largest absolute Gasteiger partial charge is 0.394 e. The van der Waals surface area contributed by atoms with Gasteiger partial charge in [0, 0.05) is 6.07 Å². The molecule has 0 aliphatic carbocycles. The average molecular weight is 230 g/mol. The molecule has 4 nitrogen and oxygen atoms in total. The summed E-state index contributed by atoms with van der Waals surface area (Å²) in [5, 5.41) is 12.9. The Bertz CT molecular complexity index is 332. The van der Waals surface area contributed by atoms with Gasteiger partial charge in [-0.15, -0.1) is 0 Å². The maximum Gasteiger partial charge on any atom is 0.134 e. The first-order valence-corrected chi connectivity index (χ1v) is 5.22. The number of hydrogen-bond donors (Lipinski definition) is 2. The standard InChI is InChI=1S/C10H16ClN3O/c1-7(2)10(3,5-15)14-9-4-8(11)12-6-13-9/h4,6-7,15H,5H2,1-3H3,(H,12,13,14). The monoisotopic (exact) mass is 229 g/mol. The zero-order valence-electron chi connectivity index (χ0n) is 9.16. The van der Waals surface area contributed by atoms with E-state index in [0.29, 0.717) is 11.0 Å². The van der Waals surface area contributed by atoms with Gasteiger partial charge in [-0.2, -0.15) is 0 Å². The third kappa shape index (κ3) is 3.04. The fourth-order valence-corrected chi connectivity index (χ4v) is 1.21. The Balaban J connectivity index is 2.84. The van der Waals surface area contributed by atoms with Crippen LogP contribution < -0.4 is 5.32 Å². The number of nitrogens with one attached hydrogen (secondary N) is 1. The van der Waals surface area contributed by atoms with Gasteiger partial charge in [0.25, 0.3) is 0 Å². The van der Waals surface area contributed by atoms with Gasteiger partial charge in [-0.25, -0.2) is 9.97 Å². The molecular weight excluding hydrogens is 214 g/mol. The molecule has 1 aromatic rings. The summed E-state index contributed by atoms with van der Waals surface area (Å²) in [7, 11) is 0. The van der Waals surface area contributed by atoms with Gasteiger partial charge in [-0.05, 0) is 12.8 Å². The molecule has 0 aromatic carbocycles. The number of nitrogens with zero attached hydrogens (tertiary/aromatic N) is 2. The van der Waals surface area contributed by atoms with Crippen molar-refractivity contribution in [3.05, 3.63) is 17.5 Å². The minimum atomic E-state index is -0.405. The molecule has 0 saturated carbocycles. The van der Waals surface area contributed by atoms with Crippen molar-refractivity contribution >= 4 is 17.4 Å². The minimum Gasteiger partial charge on any atom is -0.394 e. The van der Waals surface area contributed by atoms with Crippen molar-refractivity contribution in [1.29, 1.82) is 0 Å². The van der Waals surface area contributed by atoms with Crippen LogP contribution in [-0.2, 0) is 0 Å². The summed E-state index contributed by atoms with van der Waals surface area (Å²) in [5.74, 6) is 0.900. The van der Waals surface area contributed by atoms with E-state index in [1.54, 1.807) is 6.07 Å². The van der Waals surface area contributed by atoms with Gasteiger partial charge in [0.15, 0.2) is 0 Å². The molecule has 0 amide bonds. The smallest absolute Gasteiger partial charge is 0.134 e. The van der Waals surface area contributed by atoms with Crippen molar-refractivity contribution in [3.63, 3.8) is 0 Å². The van der Waals surface area contributed by atoms with Gasteiger partial charge in [-0.3, -0.25) is 0 Å². The fraction of sp³-hybridized carbons (Fsp3) is 0.600. The van der Waals surface area contributed by atoms with Gasteiger partial charge in [0.05, 0.1) is 12.1 Å². The minimum absolute atomic E-state index is 0.0340. The van der Waals surface area contributed by atoms with Gasteiger partial charge in [0.2, 0.25) is 0 Å². The van der Waals surface area contributed by atoms with Gasteiger partial charge < -0.3 is 10.4 Å². The Labute approximate surface area is 94.7 Å². The van der Waals surface area contributed by atoms with Crippen LogP contribution in [0.4, 0.5) is 5.82 Å². The molecule has 15 heavy (non-hydrogen) atoms. The summed E-state index contributed by atoms with van der Waals surface area (Å²) in [5.41, 5.74) is -0.405. The lowest BCUT2D eigenvalue weighted by atomic mass is 9.89. The molecule has 0 aliphatic rings. The number of aliphatic hydroxyl groups is 1. The zero-order chi connectivity index (χ0) is 11.5. The second-order valence-electron chi connectivity index (χ2n) is 4.08. The van der Waals surface area contributed by atoms with Gasteiger partial charge in [-0.1, -0.05) is 25.4 Å². The van der Waals surface area contributed by atoms with E-state index in [1.807, 2.05) is 20.8 Å². The number of hydrogen-bond acceptors (Lipinski definition) is 4. The number of halogens is 1. The Hall–Kier alpha value is -0.870. The van der Waals surface area contributed by atoms with Crippen molar-refractivity contribution in [3.8, 4) is 0 Å². The summed E-state index contributed by atoms with van der Waals surface area (Å²) in [6, 6.07) is 1.64. The van der Waals surface area contributed by atoms with E-state index in [1.165, 1.54) is 6.33 Å². The van der Waals surface area contributed by atoms with Crippen LogP contribution in [0.25, 0.3) is 0 Å². The molecule has 0 bridgehead atoms. The lowest BCUT2D eigenvalue weighted by Gasteiger charge is -2.33. The molecular formula is C10H16ClN3O. The Morgan fingerprint density at radius 1 is 1.53 bits per heavy atom. The maximum absolute atomic E-state index is 9.35. The van der Waals surface area contributed by atoms with Gasteiger partial charge in [0.1, 0.15) is 17.3 Å². The van der Waals surface area contributed by atoms with Crippen LogP contribution in [0.15, 0.2) is 12.4 Å². The van der Waals surface area contributed by atoms with E-state index >= 15 is 0 Å². The van der Waals surface area contributed by atoms with E-state index in [0.717, 1.165) is 0 Å². The maximum atomic E-state index is 9.35. The normalized spacial score (nSPS) is 15.1. The van der Waals surface area contributed by atoms with E-state index in [9.17, 15) is 5.11 Å². The quantitative estimate of drug-likeness (QED) is 0.775. The lowest BCUT2D eigenvalue weighted by molar-refractivity contribution is 0.185. The number of anilines is 1. The van der Waals surface area contributed by atoms with E-state index in [4.69, 9.17) is 11.6 Å². The highest BCUT2D eigenvalue weighted by Gasteiger charge is 2.27. The van der Waals surface area contributed by atoms with Crippen molar-refractivity contribution in [1.82, 2.24) is 9.97 Å². The molecule has 5 heteroatoms. The number of aromatic nitrogens is 2. The zero-order valence-corrected chi connectivity index (χ0v) is 9.91. The number of aliphatic hydroxyl groups excluding tert-OH is 1. The second-order valence-corrected chi connectivity index (χ2v) is 4.47. The summed E-state index contributed by atoms with van der Waals surface area (Å²) in [6.45, 7) is 6.04. The highest BCUT2D eigenvalue weighted by molar-refractivity contribution is 6.29. The van der Waals surface area contributed by atoms with E-state index in [-0.39, 0.29) is 12.5 Å². The van der Waals surface area contributed by atoms with E-state index in [2.05, 4.69) is 15.3 Å². The third-order valence-electron chi connectivity index (χ3n) is 2.65. The molecule has 0 saturated heterocycles. The molecule has 1 atom stereocenters. The fourth-order valence-electron chi connectivity index (χ4n) is 1.06. The third-order valence-corrected chi connectivity index (χ3v) is 2.86. The van der Waals surface area contributed by atoms with Crippen LogP contribution in [-0.4, -0.2) is 27.2 Å². The number of rotatable bonds is 4. The lowest BCUT2D eigenvalue weighted by Crippen LogP contribution is -2.44. The summed E-state index contributed by atoms with van der Waals surface area (Å²) in [4.78, 5) is 7.83. The van der Waals surface area contributed by atoms with Crippen LogP contribution >= 0.6 is 11.6 Å². The molecule has 2 N–H and O–H groups in total. The van der Waals surface area contributed by atoms with Crippen molar-refractivity contribution < 1.29 is 5.11 Å². The molecule has 0 radical (unpaired) electrons. The molecule has 1 heterocycles. The van der Waals surface area contributed by atoms with Crippen LogP contribution in [0.1, 0.15) is 20.8 Å². The topological polar surface area (TPSA) is 58.0 Å². The Morgan fingerprint density at radius 2 is 2.20 bits per heavy atom. The highest BCUT2D eigenvalue weighted by atomic mass is 35.5. The van der Waals surface area contributed by atoms with Gasteiger partial charge >= 0.3 is 0 Å². The molecule has 1 aromatic heterocycles. The van der Waals surface area contributed by atoms with Crippen LogP contribution in [0.3, 0.4) is 0 Å². The van der Waals surface area contributed by atoms with Crippen molar-refractivity contribution in [2.75, 3.05) is 11.9 Å². The van der Waals surface area contributed by atoms with Crippen molar-refractivity contribution in [2.45, 2.75) is 26.3 Å². The Morgan fingerprint density at radius 3 is 2.67 bits per heavy atom. The molecule has 84 valence electrons.